The Morgan fingerprint density at radius 1 is 1.09 bits per heavy atom. The maximum Gasteiger partial charge on any atom is 0.122 e. The number of anilines is 2. The van der Waals surface area contributed by atoms with Crippen molar-refractivity contribution in [3.05, 3.63) is 52.6 Å². The van der Waals surface area contributed by atoms with E-state index in [-0.39, 0.29) is 0 Å². The summed E-state index contributed by atoms with van der Waals surface area (Å²) in [6.07, 6.45) is 0. The first-order valence-corrected chi connectivity index (χ1v) is 7.42. The summed E-state index contributed by atoms with van der Waals surface area (Å²) in [5, 5.41) is 12.5. The van der Waals surface area contributed by atoms with E-state index in [1.165, 1.54) is 5.56 Å². The van der Waals surface area contributed by atoms with Crippen LogP contribution < -0.4 is 10.1 Å². The van der Waals surface area contributed by atoms with Crippen LogP contribution >= 0.6 is 0 Å². The molecule has 0 unspecified atom stereocenters. The Hall–Kier alpha value is -2.47. The Labute approximate surface area is 132 Å². The van der Waals surface area contributed by atoms with Crippen molar-refractivity contribution in [3.63, 3.8) is 0 Å². The molecule has 0 radical (unpaired) electrons. The number of methoxy groups -OCH3 is 1. The lowest BCUT2D eigenvalue weighted by atomic mass is 10.0. The standard InChI is InChI=1S/C19H22N2O/c1-12(2)17-10-16(6-7-18(17)22-5)21-19-13(3)8-15(11-20)9-14(19)4/h6-10,12,21H,1-5H3. The average molecular weight is 294 g/mol. The number of hydrogen-bond donors (Lipinski definition) is 1. The van der Waals surface area contributed by atoms with Crippen molar-refractivity contribution in [1.82, 2.24) is 0 Å². The summed E-state index contributed by atoms with van der Waals surface area (Å²) in [5.41, 5.74) is 6.09. The molecule has 114 valence electrons. The highest BCUT2D eigenvalue weighted by molar-refractivity contribution is 5.69. The molecule has 0 fully saturated rings. The molecular weight excluding hydrogens is 272 g/mol. The van der Waals surface area contributed by atoms with E-state index in [0.717, 1.165) is 28.3 Å². The molecule has 22 heavy (non-hydrogen) atoms. The molecule has 0 aromatic heterocycles. The smallest absolute Gasteiger partial charge is 0.122 e. The third-order valence-electron chi connectivity index (χ3n) is 3.78. The molecule has 0 bridgehead atoms. The number of nitriles is 1. The van der Waals surface area contributed by atoms with E-state index in [4.69, 9.17) is 10.00 Å². The fraction of sp³-hybridized carbons (Fsp3) is 0.316. The molecular formula is C19H22N2O. The summed E-state index contributed by atoms with van der Waals surface area (Å²) in [4.78, 5) is 0. The largest absolute Gasteiger partial charge is 0.496 e. The molecule has 0 heterocycles. The quantitative estimate of drug-likeness (QED) is 0.858. The molecule has 0 saturated heterocycles. The van der Waals surface area contributed by atoms with Crippen LogP contribution in [0.5, 0.6) is 5.75 Å². The molecule has 2 rings (SSSR count). The van der Waals surface area contributed by atoms with Gasteiger partial charge in [-0.1, -0.05) is 13.8 Å². The fourth-order valence-corrected chi connectivity index (χ4v) is 2.63. The summed E-state index contributed by atoms with van der Waals surface area (Å²) in [5.74, 6) is 1.30. The number of hydrogen-bond acceptors (Lipinski definition) is 3. The zero-order chi connectivity index (χ0) is 16.3. The van der Waals surface area contributed by atoms with Gasteiger partial charge in [0.15, 0.2) is 0 Å². The molecule has 2 aromatic rings. The van der Waals surface area contributed by atoms with Crippen LogP contribution in [0.2, 0.25) is 0 Å². The molecule has 0 amide bonds. The number of nitrogens with one attached hydrogen (secondary N) is 1. The lowest BCUT2D eigenvalue weighted by molar-refractivity contribution is 0.407. The third-order valence-corrected chi connectivity index (χ3v) is 3.78. The Morgan fingerprint density at radius 2 is 1.73 bits per heavy atom. The van der Waals surface area contributed by atoms with Crippen LogP contribution in [0.25, 0.3) is 0 Å². The monoisotopic (exact) mass is 294 g/mol. The van der Waals surface area contributed by atoms with Crippen LogP contribution in [-0.2, 0) is 0 Å². The van der Waals surface area contributed by atoms with Crippen LogP contribution in [0.1, 0.15) is 42.0 Å². The second-order valence-corrected chi connectivity index (χ2v) is 5.83. The SMILES string of the molecule is COc1ccc(Nc2c(C)cc(C#N)cc2C)cc1C(C)C. The molecule has 0 aliphatic heterocycles. The van der Waals surface area contributed by atoms with Crippen molar-refractivity contribution in [2.24, 2.45) is 0 Å². The summed E-state index contributed by atoms with van der Waals surface area (Å²) in [7, 11) is 1.70. The van der Waals surface area contributed by atoms with Crippen LogP contribution in [0, 0.1) is 25.2 Å². The zero-order valence-corrected chi connectivity index (χ0v) is 13.8. The number of ether oxygens (including phenoxy) is 1. The highest BCUT2D eigenvalue weighted by atomic mass is 16.5. The topological polar surface area (TPSA) is 45.0 Å². The molecule has 2 aromatic carbocycles. The predicted molar refractivity (Wildman–Crippen MR) is 91.0 cm³/mol. The van der Waals surface area contributed by atoms with E-state index < -0.39 is 0 Å². The van der Waals surface area contributed by atoms with E-state index >= 15 is 0 Å². The van der Waals surface area contributed by atoms with Crippen LogP contribution in [0.4, 0.5) is 11.4 Å². The first kappa shape index (κ1) is 15.9. The van der Waals surface area contributed by atoms with Gasteiger partial charge in [0.05, 0.1) is 18.7 Å². The Bertz CT molecular complexity index is 704. The van der Waals surface area contributed by atoms with E-state index in [2.05, 4.69) is 31.3 Å². The first-order valence-electron chi connectivity index (χ1n) is 7.42. The van der Waals surface area contributed by atoms with Gasteiger partial charge in [0.25, 0.3) is 0 Å². The second kappa shape index (κ2) is 6.53. The molecule has 0 atom stereocenters. The van der Waals surface area contributed by atoms with Crippen LogP contribution in [0.15, 0.2) is 30.3 Å². The van der Waals surface area contributed by atoms with E-state index in [9.17, 15) is 0 Å². The van der Waals surface area contributed by atoms with Crippen molar-refractivity contribution >= 4 is 11.4 Å². The maximum absolute atomic E-state index is 9.04. The van der Waals surface area contributed by atoms with Gasteiger partial charge in [0.1, 0.15) is 5.75 Å². The molecule has 3 nitrogen and oxygen atoms in total. The Kier molecular flexibility index (Phi) is 4.72. The molecule has 3 heteroatoms. The van der Waals surface area contributed by atoms with E-state index in [0.29, 0.717) is 11.5 Å². The van der Waals surface area contributed by atoms with Gasteiger partial charge in [-0.2, -0.15) is 5.26 Å². The van der Waals surface area contributed by atoms with Crippen LogP contribution in [0.3, 0.4) is 0 Å². The summed E-state index contributed by atoms with van der Waals surface area (Å²) >= 11 is 0. The number of benzene rings is 2. The molecule has 0 aliphatic rings. The second-order valence-electron chi connectivity index (χ2n) is 5.83. The lowest BCUT2D eigenvalue weighted by Gasteiger charge is -2.17. The summed E-state index contributed by atoms with van der Waals surface area (Å²) in [6, 6.07) is 12.1. The number of nitrogens with zero attached hydrogens (tertiary/aromatic N) is 1. The average Bonchev–Trinajstić information content (AvgIpc) is 2.50. The van der Waals surface area contributed by atoms with Gasteiger partial charge in [0, 0.05) is 11.4 Å². The van der Waals surface area contributed by atoms with E-state index in [1.54, 1.807) is 7.11 Å². The molecule has 1 N–H and O–H groups in total. The van der Waals surface area contributed by atoms with Gasteiger partial charge in [-0.05, 0) is 66.8 Å². The van der Waals surface area contributed by atoms with Crippen molar-refractivity contribution in [2.75, 3.05) is 12.4 Å². The minimum Gasteiger partial charge on any atom is -0.496 e. The van der Waals surface area contributed by atoms with Gasteiger partial charge >= 0.3 is 0 Å². The summed E-state index contributed by atoms with van der Waals surface area (Å²) < 4.78 is 5.43. The third kappa shape index (κ3) is 3.23. The zero-order valence-electron chi connectivity index (χ0n) is 13.8. The highest BCUT2D eigenvalue weighted by Crippen LogP contribution is 2.32. The number of rotatable bonds is 4. The van der Waals surface area contributed by atoms with Crippen molar-refractivity contribution in [3.8, 4) is 11.8 Å². The Balaban J connectivity index is 2.40. The first-order chi connectivity index (χ1) is 10.5. The maximum atomic E-state index is 9.04. The van der Waals surface area contributed by atoms with Gasteiger partial charge < -0.3 is 10.1 Å². The Morgan fingerprint density at radius 3 is 2.23 bits per heavy atom. The van der Waals surface area contributed by atoms with Crippen molar-refractivity contribution in [2.45, 2.75) is 33.6 Å². The number of aryl methyl sites for hydroxylation is 2. The fourth-order valence-electron chi connectivity index (χ4n) is 2.63. The molecule has 0 aliphatic carbocycles. The van der Waals surface area contributed by atoms with Crippen molar-refractivity contribution in [1.29, 1.82) is 5.26 Å². The minimum absolute atomic E-state index is 0.389. The lowest BCUT2D eigenvalue weighted by Crippen LogP contribution is -2.00. The van der Waals surface area contributed by atoms with Gasteiger partial charge in [-0.25, -0.2) is 0 Å². The van der Waals surface area contributed by atoms with Gasteiger partial charge in [-0.15, -0.1) is 0 Å². The van der Waals surface area contributed by atoms with Crippen LogP contribution in [-0.4, -0.2) is 7.11 Å². The van der Waals surface area contributed by atoms with Gasteiger partial charge in [-0.3, -0.25) is 0 Å². The van der Waals surface area contributed by atoms with Gasteiger partial charge in [0.2, 0.25) is 0 Å². The van der Waals surface area contributed by atoms with Crippen molar-refractivity contribution < 1.29 is 4.74 Å². The summed E-state index contributed by atoms with van der Waals surface area (Å²) in [6.45, 7) is 8.34. The molecule has 0 saturated carbocycles. The normalized spacial score (nSPS) is 10.4. The molecule has 0 spiro atoms. The predicted octanol–water partition coefficient (Wildman–Crippen LogP) is 5.05. The van der Waals surface area contributed by atoms with E-state index in [1.807, 2.05) is 38.1 Å². The minimum atomic E-state index is 0.389. The highest BCUT2D eigenvalue weighted by Gasteiger charge is 2.10.